The number of rotatable bonds is 6. The van der Waals surface area contributed by atoms with E-state index in [1.54, 1.807) is 0 Å². The standard InChI is InChI=1S/C18H23F5N2O/c1-24(2)6-3-7-25-10-4-5-11(25)9-12(8-10)26-18-16(22)14(20)13(19)15(21)17(18)23/h10-12H,3-9H2,1-2H3. The van der Waals surface area contributed by atoms with E-state index in [9.17, 15) is 22.0 Å². The van der Waals surface area contributed by atoms with Gasteiger partial charge in [0.05, 0.1) is 0 Å². The van der Waals surface area contributed by atoms with Crippen molar-refractivity contribution in [1.82, 2.24) is 9.80 Å². The highest BCUT2D eigenvalue weighted by molar-refractivity contribution is 5.30. The Morgan fingerprint density at radius 2 is 1.38 bits per heavy atom. The third-order valence-corrected chi connectivity index (χ3v) is 5.32. The Labute approximate surface area is 149 Å². The van der Waals surface area contributed by atoms with E-state index in [1.165, 1.54) is 0 Å². The summed E-state index contributed by atoms with van der Waals surface area (Å²) in [6.07, 6.45) is 3.44. The molecule has 3 rings (SSSR count). The van der Waals surface area contributed by atoms with Gasteiger partial charge >= 0.3 is 0 Å². The van der Waals surface area contributed by atoms with Crippen LogP contribution in [0.2, 0.25) is 0 Å². The molecule has 2 bridgehead atoms. The molecule has 1 aromatic carbocycles. The second-order valence-electron chi connectivity index (χ2n) is 7.39. The molecule has 2 saturated heterocycles. The number of ether oxygens (including phenoxy) is 1. The number of nitrogens with zero attached hydrogens (tertiary/aromatic N) is 2. The van der Waals surface area contributed by atoms with Crippen molar-refractivity contribution in [3.63, 3.8) is 0 Å². The zero-order chi connectivity index (χ0) is 19.0. The Bertz CT molecular complexity index is 626. The Kier molecular flexibility index (Phi) is 5.72. The van der Waals surface area contributed by atoms with E-state index in [2.05, 4.69) is 9.80 Å². The van der Waals surface area contributed by atoms with E-state index in [0.717, 1.165) is 32.4 Å². The normalized spacial score (nSPS) is 25.9. The first-order valence-corrected chi connectivity index (χ1v) is 8.88. The van der Waals surface area contributed by atoms with Gasteiger partial charge in [0, 0.05) is 12.1 Å². The summed E-state index contributed by atoms with van der Waals surface area (Å²) in [6.45, 7) is 1.91. The van der Waals surface area contributed by atoms with Crippen molar-refractivity contribution in [2.75, 3.05) is 27.2 Å². The van der Waals surface area contributed by atoms with Gasteiger partial charge in [-0.15, -0.1) is 0 Å². The molecule has 0 amide bonds. The van der Waals surface area contributed by atoms with Crippen LogP contribution in [-0.4, -0.2) is 55.2 Å². The predicted octanol–water partition coefficient (Wildman–Crippen LogP) is 3.71. The predicted molar refractivity (Wildman–Crippen MR) is 86.6 cm³/mol. The summed E-state index contributed by atoms with van der Waals surface area (Å²) in [5.41, 5.74) is 0. The lowest BCUT2D eigenvalue weighted by atomic mass is 9.99. The average molecular weight is 378 g/mol. The van der Waals surface area contributed by atoms with Crippen molar-refractivity contribution in [1.29, 1.82) is 0 Å². The highest BCUT2D eigenvalue weighted by Crippen LogP contribution is 2.39. The van der Waals surface area contributed by atoms with Gasteiger partial charge in [0.25, 0.3) is 0 Å². The first-order chi connectivity index (χ1) is 12.3. The molecule has 1 aromatic rings. The number of piperidine rings is 1. The average Bonchev–Trinajstić information content (AvgIpc) is 2.84. The quantitative estimate of drug-likeness (QED) is 0.426. The summed E-state index contributed by atoms with van der Waals surface area (Å²) < 4.78 is 72.7. The molecule has 2 aliphatic rings. The van der Waals surface area contributed by atoms with Crippen LogP contribution in [0.1, 0.15) is 32.1 Å². The van der Waals surface area contributed by atoms with Crippen LogP contribution in [-0.2, 0) is 0 Å². The van der Waals surface area contributed by atoms with Gasteiger partial charge in [0.15, 0.2) is 5.75 Å². The molecule has 0 spiro atoms. The van der Waals surface area contributed by atoms with Gasteiger partial charge in [-0.2, -0.15) is 8.78 Å². The number of hydrogen-bond donors (Lipinski definition) is 0. The smallest absolute Gasteiger partial charge is 0.207 e. The molecule has 2 aliphatic heterocycles. The number of benzene rings is 1. The van der Waals surface area contributed by atoms with Crippen molar-refractivity contribution in [3.8, 4) is 5.75 Å². The van der Waals surface area contributed by atoms with E-state index < -0.39 is 40.9 Å². The molecule has 26 heavy (non-hydrogen) atoms. The van der Waals surface area contributed by atoms with Gasteiger partial charge in [-0.05, 0) is 59.3 Å². The molecule has 2 heterocycles. The maximum atomic E-state index is 13.8. The first kappa shape index (κ1) is 19.4. The fourth-order valence-electron chi connectivity index (χ4n) is 4.11. The molecular weight excluding hydrogens is 355 g/mol. The van der Waals surface area contributed by atoms with E-state index in [4.69, 9.17) is 4.74 Å². The van der Waals surface area contributed by atoms with Gasteiger partial charge in [-0.1, -0.05) is 0 Å². The zero-order valence-electron chi connectivity index (χ0n) is 14.9. The Morgan fingerprint density at radius 1 is 0.885 bits per heavy atom. The van der Waals surface area contributed by atoms with Crippen LogP contribution in [0.5, 0.6) is 5.75 Å². The monoisotopic (exact) mass is 378 g/mol. The van der Waals surface area contributed by atoms with Crippen molar-refractivity contribution in [2.45, 2.75) is 50.3 Å². The lowest BCUT2D eigenvalue weighted by Crippen LogP contribution is -2.47. The van der Waals surface area contributed by atoms with Crippen LogP contribution in [0.4, 0.5) is 22.0 Å². The number of halogens is 5. The highest BCUT2D eigenvalue weighted by Gasteiger charge is 2.42. The van der Waals surface area contributed by atoms with E-state index in [0.29, 0.717) is 12.8 Å². The molecule has 0 aliphatic carbocycles. The minimum Gasteiger partial charge on any atom is -0.484 e. The molecule has 0 aromatic heterocycles. The van der Waals surface area contributed by atoms with Crippen LogP contribution >= 0.6 is 0 Å². The van der Waals surface area contributed by atoms with Crippen LogP contribution in [0.3, 0.4) is 0 Å². The van der Waals surface area contributed by atoms with Crippen LogP contribution in [0.15, 0.2) is 0 Å². The third kappa shape index (κ3) is 3.67. The van der Waals surface area contributed by atoms with Crippen molar-refractivity contribution < 1.29 is 26.7 Å². The van der Waals surface area contributed by atoms with Crippen molar-refractivity contribution >= 4 is 0 Å². The molecule has 2 atom stereocenters. The Balaban J connectivity index is 1.68. The molecule has 2 unspecified atom stereocenters. The van der Waals surface area contributed by atoms with Gasteiger partial charge < -0.3 is 9.64 Å². The van der Waals surface area contributed by atoms with Crippen molar-refractivity contribution in [2.24, 2.45) is 0 Å². The minimum atomic E-state index is -2.16. The molecule has 2 fully saturated rings. The SMILES string of the molecule is CN(C)CCCN1C2CCC1CC(Oc1c(F)c(F)c(F)c(F)c1F)C2. The number of hydrogen-bond acceptors (Lipinski definition) is 3. The Morgan fingerprint density at radius 3 is 1.88 bits per heavy atom. The van der Waals surface area contributed by atoms with Gasteiger partial charge in [-0.25, -0.2) is 13.2 Å². The van der Waals surface area contributed by atoms with Crippen LogP contribution < -0.4 is 4.74 Å². The maximum Gasteiger partial charge on any atom is 0.207 e. The molecule has 8 heteroatoms. The van der Waals surface area contributed by atoms with Crippen molar-refractivity contribution in [3.05, 3.63) is 29.1 Å². The summed E-state index contributed by atoms with van der Waals surface area (Å²) in [5.74, 6) is -11.1. The first-order valence-electron chi connectivity index (χ1n) is 8.88. The highest BCUT2D eigenvalue weighted by atomic mass is 19.2. The summed E-state index contributed by atoms with van der Waals surface area (Å²) in [7, 11) is 4.03. The maximum absolute atomic E-state index is 13.8. The molecule has 0 saturated carbocycles. The second kappa shape index (κ2) is 7.68. The van der Waals surface area contributed by atoms with Gasteiger partial charge in [0.1, 0.15) is 6.10 Å². The van der Waals surface area contributed by atoms with E-state index in [1.807, 2.05) is 14.1 Å². The van der Waals surface area contributed by atoms with Gasteiger partial charge in [-0.3, -0.25) is 4.90 Å². The van der Waals surface area contributed by atoms with E-state index >= 15 is 0 Å². The molecule has 0 N–H and O–H groups in total. The molecule has 0 radical (unpaired) electrons. The zero-order valence-corrected chi connectivity index (χ0v) is 14.9. The van der Waals surface area contributed by atoms with Crippen LogP contribution in [0.25, 0.3) is 0 Å². The lowest BCUT2D eigenvalue weighted by Gasteiger charge is -2.39. The summed E-state index contributed by atoms with van der Waals surface area (Å²) in [4.78, 5) is 4.50. The summed E-state index contributed by atoms with van der Waals surface area (Å²) >= 11 is 0. The molecular formula is C18H23F5N2O. The molecule has 146 valence electrons. The molecule has 3 nitrogen and oxygen atoms in total. The number of fused-ring (bicyclic) bond motifs is 2. The largest absolute Gasteiger partial charge is 0.484 e. The lowest BCUT2D eigenvalue weighted by molar-refractivity contribution is 0.0423. The Hall–Kier alpha value is -1.41. The summed E-state index contributed by atoms with van der Waals surface area (Å²) in [5, 5.41) is 0. The summed E-state index contributed by atoms with van der Waals surface area (Å²) in [6, 6.07) is 0.448. The fourth-order valence-corrected chi connectivity index (χ4v) is 4.11. The fraction of sp³-hybridized carbons (Fsp3) is 0.667. The topological polar surface area (TPSA) is 15.7 Å². The second-order valence-corrected chi connectivity index (χ2v) is 7.39. The van der Waals surface area contributed by atoms with E-state index in [-0.39, 0.29) is 12.1 Å². The minimum absolute atomic E-state index is 0.224. The van der Waals surface area contributed by atoms with Gasteiger partial charge in [0.2, 0.25) is 29.1 Å². The third-order valence-electron chi connectivity index (χ3n) is 5.32. The van der Waals surface area contributed by atoms with Crippen LogP contribution in [0, 0.1) is 29.1 Å².